The van der Waals surface area contributed by atoms with E-state index in [0.29, 0.717) is 0 Å². The molecule has 2 aromatic carbocycles. The van der Waals surface area contributed by atoms with E-state index in [2.05, 4.69) is 10.1 Å². The summed E-state index contributed by atoms with van der Waals surface area (Å²) < 4.78 is 42.0. The van der Waals surface area contributed by atoms with Crippen LogP contribution in [0.15, 0.2) is 42.5 Å². The molecule has 0 unspecified atom stereocenters. The molecule has 0 heterocycles. The summed E-state index contributed by atoms with van der Waals surface area (Å²) in [5.74, 6) is -1.56. The highest BCUT2D eigenvalue weighted by Crippen LogP contribution is 2.26. The minimum atomic E-state index is -3.03. The van der Waals surface area contributed by atoms with Gasteiger partial charge in [-0.25, -0.2) is 4.39 Å². The first-order valence-corrected chi connectivity index (χ1v) is 5.87. The maximum atomic E-state index is 13.1. The van der Waals surface area contributed by atoms with Crippen molar-refractivity contribution < 1.29 is 22.7 Å². The third-order valence-electron chi connectivity index (χ3n) is 2.61. The van der Waals surface area contributed by atoms with Gasteiger partial charge >= 0.3 is 6.61 Å². The van der Waals surface area contributed by atoms with Crippen molar-refractivity contribution >= 4 is 17.3 Å². The molecule has 21 heavy (non-hydrogen) atoms. The van der Waals surface area contributed by atoms with Crippen LogP contribution in [-0.2, 0) is 0 Å². The first kappa shape index (κ1) is 14.7. The van der Waals surface area contributed by atoms with E-state index in [1.165, 1.54) is 30.3 Å². The van der Waals surface area contributed by atoms with Gasteiger partial charge < -0.3 is 15.8 Å². The van der Waals surface area contributed by atoms with Crippen LogP contribution in [0.25, 0.3) is 0 Å². The molecule has 0 aliphatic carbocycles. The Morgan fingerprint density at radius 3 is 2.62 bits per heavy atom. The van der Waals surface area contributed by atoms with Gasteiger partial charge in [-0.2, -0.15) is 8.78 Å². The highest BCUT2D eigenvalue weighted by atomic mass is 19.3. The summed E-state index contributed by atoms with van der Waals surface area (Å²) in [6.45, 7) is -3.03. The second-order valence-corrected chi connectivity index (χ2v) is 4.06. The molecule has 0 atom stereocenters. The number of amides is 1. The number of anilines is 2. The van der Waals surface area contributed by atoms with E-state index in [-0.39, 0.29) is 22.7 Å². The van der Waals surface area contributed by atoms with Crippen molar-refractivity contribution in [3.63, 3.8) is 0 Å². The highest BCUT2D eigenvalue weighted by Gasteiger charge is 2.15. The Hall–Kier alpha value is -2.70. The third kappa shape index (κ3) is 3.65. The van der Waals surface area contributed by atoms with Crippen LogP contribution in [0.4, 0.5) is 24.5 Å². The molecule has 7 heteroatoms. The van der Waals surface area contributed by atoms with Crippen molar-refractivity contribution in [3.05, 3.63) is 53.8 Å². The summed E-state index contributed by atoms with van der Waals surface area (Å²) in [4.78, 5) is 12.0. The van der Waals surface area contributed by atoms with E-state index in [4.69, 9.17) is 5.73 Å². The van der Waals surface area contributed by atoms with Crippen LogP contribution in [0.2, 0.25) is 0 Å². The van der Waals surface area contributed by atoms with Crippen LogP contribution in [0.5, 0.6) is 5.75 Å². The van der Waals surface area contributed by atoms with Crippen LogP contribution >= 0.6 is 0 Å². The van der Waals surface area contributed by atoms with Gasteiger partial charge in [-0.05, 0) is 30.3 Å². The summed E-state index contributed by atoms with van der Waals surface area (Å²) in [7, 11) is 0. The van der Waals surface area contributed by atoms with Crippen molar-refractivity contribution in [2.75, 3.05) is 11.1 Å². The Morgan fingerprint density at radius 1 is 1.19 bits per heavy atom. The summed E-state index contributed by atoms with van der Waals surface area (Å²) in [6.07, 6.45) is 0. The van der Waals surface area contributed by atoms with Crippen LogP contribution in [0, 0.1) is 5.82 Å². The Morgan fingerprint density at radius 2 is 1.90 bits per heavy atom. The molecule has 3 N–H and O–H groups in total. The molecule has 0 saturated heterocycles. The molecule has 4 nitrogen and oxygen atoms in total. The molecule has 0 spiro atoms. The van der Waals surface area contributed by atoms with Gasteiger partial charge in [0, 0.05) is 5.69 Å². The molecular formula is C14H11F3N2O2. The monoisotopic (exact) mass is 296 g/mol. The molecule has 1 amide bonds. The number of halogens is 3. The first-order chi connectivity index (χ1) is 9.97. The summed E-state index contributed by atoms with van der Waals surface area (Å²) in [6, 6.07) is 8.97. The fourth-order valence-corrected chi connectivity index (χ4v) is 1.68. The molecule has 0 saturated carbocycles. The highest BCUT2D eigenvalue weighted by molar-refractivity contribution is 6.08. The van der Waals surface area contributed by atoms with Crippen LogP contribution < -0.4 is 15.8 Å². The Kier molecular flexibility index (Phi) is 4.32. The zero-order valence-electron chi connectivity index (χ0n) is 10.6. The van der Waals surface area contributed by atoms with Gasteiger partial charge in [-0.15, -0.1) is 0 Å². The van der Waals surface area contributed by atoms with Crippen LogP contribution in [0.1, 0.15) is 10.4 Å². The van der Waals surface area contributed by atoms with Gasteiger partial charge in [0.25, 0.3) is 5.91 Å². The van der Waals surface area contributed by atoms with Crippen molar-refractivity contribution in [1.82, 2.24) is 0 Å². The van der Waals surface area contributed by atoms with Gasteiger partial charge in [0.15, 0.2) is 0 Å². The van der Waals surface area contributed by atoms with Crippen LogP contribution in [-0.4, -0.2) is 12.5 Å². The van der Waals surface area contributed by atoms with Crippen molar-refractivity contribution in [2.24, 2.45) is 0 Å². The second kappa shape index (κ2) is 6.17. The maximum Gasteiger partial charge on any atom is 0.387 e. The largest absolute Gasteiger partial charge is 0.433 e. The predicted octanol–water partition coefficient (Wildman–Crippen LogP) is 3.26. The van der Waals surface area contributed by atoms with Crippen LogP contribution in [0.3, 0.4) is 0 Å². The van der Waals surface area contributed by atoms with E-state index in [9.17, 15) is 18.0 Å². The summed E-state index contributed by atoms with van der Waals surface area (Å²) in [5, 5.41) is 2.36. The van der Waals surface area contributed by atoms with E-state index >= 15 is 0 Å². The number of nitrogens with two attached hydrogens (primary N) is 1. The number of alkyl halides is 2. The first-order valence-electron chi connectivity index (χ1n) is 5.87. The van der Waals surface area contributed by atoms with E-state index in [1.807, 2.05) is 0 Å². The topological polar surface area (TPSA) is 64.4 Å². The number of nitrogens with one attached hydrogen (secondary N) is 1. The number of benzene rings is 2. The zero-order chi connectivity index (χ0) is 15.4. The van der Waals surface area contributed by atoms with E-state index < -0.39 is 18.3 Å². The molecule has 0 fully saturated rings. The number of rotatable bonds is 4. The molecule has 0 aliphatic heterocycles. The average molecular weight is 296 g/mol. The molecular weight excluding hydrogens is 285 g/mol. The lowest BCUT2D eigenvalue weighted by atomic mass is 10.1. The van der Waals surface area contributed by atoms with Crippen molar-refractivity contribution in [3.8, 4) is 5.75 Å². The molecule has 0 bridgehead atoms. The fraction of sp³-hybridized carbons (Fsp3) is 0.0714. The number of hydrogen-bond donors (Lipinski definition) is 2. The summed E-state index contributed by atoms with van der Waals surface area (Å²) >= 11 is 0. The zero-order valence-corrected chi connectivity index (χ0v) is 10.6. The predicted molar refractivity (Wildman–Crippen MR) is 71.8 cm³/mol. The number of carbonyl (C=O) groups excluding carboxylic acids is 1. The number of hydrogen-bond acceptors (Lipinski definition) is 3. The normalized spacial score (nSPS) is 10.5. The summed E-state index contributed by atoms with van der Waals surface area (Å²) in [5.41, 5.74) is 5.59. The Balaban J connectivity index is 2.25. The number of nitrogen functional groups attached to an aromatic ring is 1. The van der Waals surface area contributed by atoms with Gasteiger partial charge in [0.05, 0.1) is 11.3 Å². The SMILES string of the molecule is Nc1ccc(F)cc1C(=O)Nc1ccccc1OC(F)F. The van der Waals surface area contributed by atoms with Gasteiger partial charge in [-0.3, -0.25) is 4.79 Å². The van der Waals surface area contributed by atoms with E-state index in [0.717, 1.165) is 12.1 Å². The second-order valence-electron chi connectivity index (χ2n) is 4.06. The van der Waals surface area contributed by atoms with Crippen molar-refractivity contribution in [1.29, 1.82) is 0 Å². The molecule has 2 rings (SSSR count). The maximum absolute atomic E-state index is 13.1. The lowest BCUT2D eigenvalue weighted by molar-refractivity contribution is -0.0493. The minimum absolute atomic E-state index is 0.0338. The smallest absolute Gasteiger partial charge is 0.387 e. The lowest BCUT2D eigenvalue weighted by Crippen LogP contribution is -2.15. The Labute approximate surface area is 118 Å². The minimum Gasteiger partial charge on any atom is -0.433 e. The van der Waals surface area contributed by atoms with Gasteiger partial charge in [-0.1, -0.05) is 12.1 Å². The molecule has 2 aromatic rings. The van der Waals surface area contributed by atoms with E-state index in [1.54, 1.807) is 0 Å². The number of ether oxygens (including phenoxy) is 1. The quantitative estimate of drug-likeness (QED) is 0.851. The molecule has 0 aliphatic rings. The number of para-hydroxylation sites is 2. The standard InChI is InChI=1S/C14H11F3N2O2/c15-8-5-6-10(18)9(7-8)13(20)19-11-3-1-2-4-12(11)21-14(16)17/h1-7,14H,18H2,(H,19,20). The lowest BCUT2D eigenvalue weighted by Gasteiger charge is -2.12. The average Bonchev–Trinajstić information content (AvgIpc) is 2.43. The Bertz CT molecular complexity index is 662. The molecule has 0 aromatic heterocycles. The molecule has 0 radical (unpaired) electrons. The molecule has 110 valence electrons. The van der Waals surface area contributed by atoms with Crippen molar-refractivity contribution in [2.45, 2.75) is 6.61 Å². The van der Waals surface area contributed by atoms with Gasteiger partial charge in [0.2, 0.25) is 0 Å². The number of carbonyl (C=O) groups is 1. The third-order valence-corrected chi connectivity index (χ3v) is 2.61. The van der Waals surface area contributed by atoms with Gasteiger partial charge in [0.1, 0.15) is 11.6 Å². The fourth-order valence-electron chi connectivity index (χ4n) is 1.68.